The molecular weight excluding hydrogens is 278 g/mol. The molecule has 0 saturated carbocycles. The summed E-state index contributed by atoms with van der Waals surface area (Å²) in [6.07, 6.45) is 0. The van der Waals surface area contributed by atoms with E-state index in [4.69, 9.17) is 15.2 Å². The van der Waals surface area contributed by atoms with Crippen LogP contribution in [0, 0.1) is 0 Å². The molecule has 0 aliphatic heterocycles. The van der Waals surface area contributed by atoms with Gasteiger partial charge in [0.25, 0.3) is 10.0 Å². The van der Waals surface area contributed by atoms with Crippen molar-refractivity contribution in [2.45, 2.75) is 4.90 Å². The first kappa shape index (κ1) is 14.5. The maximum absolute atomic E-state index is 11.9. The van der Waals surface area contributed by atoms with Gasteiger partial charge in [-0.3, -0.25) is 5.43 Å². The van der Waals surface area contributed by atoms with Gasteiger partial charge in [-0.25, -0.2) is 8.42 Å². The molecule has 9 heteroatoms. The van der Waals surface area contributed by atoms with E-state index in [1.165, 1.54) is 32.4 Å². The van der Waals surface area contributed by atoms with Crippen LogP contribution in [0.25, 0.3) is 0 Å². The fraction of sp³-hybridized carbons (Fsp3) is 0.222. The molecular formula is C9H13N3O4S2. The minimum Gasteiger partial charge on any atom is -0.497 e. The summed E-state index contributed by atoms with van der Waals surface area (Å²) in [6, 6.07) is 4.30. The summed E-state index contributed by atoms with van der Waals surface area (Å²) < 4.78 is 33.8. The molecule has 0 atom stereocenters. The first-order valence-electron chi connectivity index (χ1n) is 4.70. The fourth-order valence-corrected chi connectivity index (χ4v) is 2.29. The number of hydrazine groups is 1. The van der Waals surface area contributed by atoms with Crippen molar-refractivity contribution in [3.05, 3.63) is 18.2 Å². The van der Waals surface area contributed by atoms with Crippen LogP contribution in [0.1, 0.15) is 0 Å². The highest BCUT2D eigenvalue weighted by molar-refractivity contribution is 7.89. The number of nitrogens with one attached hydrogen (secondary N) is 2. The molecule has 0 bridgehead atoms. The summed E-state index contributed by atoms with van der Waals surface area (Å²) in [5, 5.41) is -0.189. The molecule has 0 fully saturated rings. The lowest BCUT2D eigenvalue weighted by Crippen LogP contribution is -2.44. The number of ether oxygens (including phenoxy) is 2. The van der Waals surface area contributed by atoms with Crippen LogP contribution in [-0.2, 0) is 10.0 Å². The normalized spacial score (nSPS) is 10.8. The second kappa shape index (κ2) is 5.85. The first-order valence-corrected chi connectivity index (χ1v) is 6.59. The maximum Gasteiger partial charge on any atom is 0.261 e. The van der Waals surface area contributed by atoms with E-state index < -0.39 is 10.0 Å². The highest BCUT2D eigenvalue weighted by atomic mass is 32.2. The molecule has 0 spiro atoms. The molecule has 1 aromatic carbocycles. The molecule has 0 aromatic heterocycles. The number of benzene rings is 1. The molecule has 4 N–H and O–H groups in total. The Morgan fingerprint density at radius 2 is 2.00 bits per heavy atom. The van der Waals surface area contributed by atoms with Crippen LogP contribution in [0.2, 0.25) is 0 Å². The monoisotopic (exact) mass is 291 g/mol. The summed E-state index contributed by atoms with van der Waals surface area (Å²) in [4.78, 5) is 1.96. The lowest BCUT2D eigenvalue weighted by Gasteiger charge is -2.12. The summed E-state index contributed by atoms with van der Waals surface area (Å²) in [5.41, 5.74) is 7.28. The SMILES string of the molecule is COc1ccc(S(=O)(=O)NNC(N)=S)c(OC)c1. The Balaban J connectivity index is 3.11. The quantitative estimate of drug-likeness (QED) is 0.507. The van der Waals surface area contributed by atoms with Gasteiger partial charge in [0.05, 0.1) is 14.2 Å². The molecule has 0 saturated heterocycles. The fourth-order valence-electron chi connectivity index (χ4n) is 1.17. The van der Waals surface area contributed by atoms with Crippen LogP contribution in [0.3, 0.4) is 0 Å². The van der Waals surface area contributed by atoms with Crippen LogP contribution < -0.4 is 25.5 Å². The van der Waals surface area contributed by atoms with Crippen molar-refractivity contribution in [2.75, 3.05) is 14.2 Å². The smallest absolute Gasteiger partial charge is 0.261 e. The van der Waals surface area contributed by atoms with Gasteiger partial charge in [0.15, 0.2) is 5.11 Å². The van der Waals surface area contributed by atoms with E-state index in [2.05, 4.69) is 17.6 Å². The molecule has 18 heavy (non-hydrogen) atoms. The van der Waals surface area contributed by atoms with Gasteiger partial charge in [-0.2, -0.15) is 0 Å². The van der Waals surface area contributed by atoms with Crippen molar-refractivity contribution in [1.82, 2.24) is 10.3 Å². The lowest BCUT2D eigenvalue weighted by molar-refractivity contribution is 0.386. The minimum absolute atomic E-state index is 0.0606. The van der Waals surface area contributed by atoms with E-state index in [1.54, 1.807) is 0 Å². The average Bonchev–Trinajstić information content (AvgIpc) is 2.35. The maximum atomic E-state index is 11.9. The topological polar surface area (TPSA) is 103 Å². The first-order chi connectivity index (χ1) is 8.40. The number of methoxy groups -OCH3 is 2. The zero-order chi connectivity index (χ0) is 13.8. The molecule has 0 unspecified atom stereocenters. The Bertz CT molecular complexity index is 545. The Kier molecular flexibility index (Phi) is 4.70. The van der Waals surface area contributed by atoms with Gasteiger partial charge >= 0.3 is 0 Å². The molecule has 0 heterocycles. The molecule has 7 nitrogen and oxygen atoms in total. The van der Waals surface area contributed by atoms with E-state index in [1.807, 2.05) is 4.83 Å². The zero-order valence-electron chi connectivity index (χ0n) is 9.76. The molecule has 0 aliphatic rings. The number of hydrogen-bond acceptors (Lipinski definition) is 5. The van der Waals surface area contributed by atoms with Crippen LogP contribution in [0.15, 0.2) is 23.1 Å². The van der Waals surface area contributed by atoms with Crippen LogP contribution in [-0.4, -0.2) is 27.7 Å². The van der Waals surface area contributed by atoms with Crippen molar-refractivity contribution in [1.29, 1.82) is 0 Å². The third-order valence-electron chi connectivity index (χ3n) is 1.97. The van der Waals surface area contributed by atoms with Gasteiger partial charge in [-0.05, 0) is 24.4 Å². The Morgan fingerprint density at radius 1 is 1.33 bits per heavy atom. The van der Waals surface area contributed by atoms with Crippen LogP contribution >= 0.6 is 12.2 Å². The van der Waals surface area contributed by atoms with Crippen molar-refractivity contribution in [3.8, 4) is 11.5 Å². The molecule has 0 amide bonds. The Labute approximate surface area is 110 Å². The lowest BCUT2D eigenvalue weighted by atomic mass is 10.3. The summed E-state index contributed by atoms with van der Waals surface area (Å²) in [5.74, 6) is 0.625. The third kappa shape index (κ3) is 3.45. The van der Waals surface area contributed by atoms with Crippen molar-refractivity contribution in [3.63, 3.8) is 0 Å². The number of sulfonamides is 1. The molecule has 100 valence electrons. The van der Waals surface area contributed by atoms with Gasteiger partial charge in [0.1, 0.15) is 16.4 Å². The largest absolute Gasteiger partial charge is 0.497 e. The summed E-state index contributed by atoms with van der Waals surface area (Å²) >= 11 is 4.50. The van der Waals surface area contributed by atoms with Gasteiger partial charge in [-0.1, -0.05) is 0 Å². The van der Waals surface area contributed by atoms with Gasteiger partial charge < -0.3 is 15.2 Å². The highest BCUT2D eigenvalue weighted by Crippen LogP contribution is 2.27. The Hall–Kier alpha value is -1.58. The van der Waals surface area contributed by atoms with E-state index >= 15 is 0 Å². The number of hydrogen-bond donors (Lipinski definition) is 3. The van der Waals surface area contributed by atoms with Crippen molar-refractivity contribution in [2.24, 2.45) is 5.73 Å². The predicted octanol–water partition coefficient (Wildman–Crippen LogP) is -0.270. The molecule has 0 aliphatic carbocycles. The Morgan fingerprint density at radius 3 is 2.50 bits per heavy atom. The van der Waals surface area contributed by atoms with Gasteiger partial charge in [0.2, 0.25) is 0 Å². The molecule has 1 aromatic rings. The molecule has 0 radical (unpaired) electrons. The van der Waals surface area contributed by atoms with E-state index in [9.17, 15) is 8.42 Å². The second-order valence-corrected chi connectivity index (χ2v) is 5.20. The highest BCUT2D eigenvalue weighted by Gasteiger charge is 2.19. The zero-order valence-corrected chi connectivity index (χ0v) is 11.4. The number of rotatable bonds is 5. The standard InChI is InChI=1S/C9H13N3O4S2/c1-15-6-3-4-8(7(5-6)16-2)18(13,14)12-11-9(10)17/h3-5,12H,1-2H3,(H3,10,11,17). The number of thiocarbonyl (C=S) groups is 1. The number of nitrogens with two attached hydrogens (primary N) is 1. The summed E-state index contributed by atoms with van der Waals surface area (Å²) in [6.45, 7) is 0. The average molecular weight is 291 g/mol. The van der Waals surface area contributed by atoms with Crippen molar-refractivity contribution >= 4 is 27.4 Å². The molecule has 1 rings (SSSR count). The van der Waals surface area contributed by atoms with E-state index in [-0.39, 0.29) is 15.8 Å². The van der Waals surface area contributed by atoms with Crippen LogP contribution in [0.5, 0.6) is 11.5 Å². The van der Waals surface area contributed by atoms with E-state index in [0.717, 1.165) is 0 Å². The predicted molar refractivity (Wildman–Crippen MR) is 69.8 cm³/mol. The summed E-state index contributed by atoms with van der Waals surface area (Å²) in [7, 11) is -1.01. The van der Waals surface area contributed by atoms with Crippen molar-refractivity contribution < 1.29 is 17.9 Å². The van der Waals surface area contributed by atoms with Gasteiger partial charge in [0, 0.05) is 6.07 Å². The van der Waals surface area contributed by atoms with E-state index in [0.29, 0.717) is 5.75 Å². The van der Waals surface area contributed by atoms with Crippen LogP contribution in [0.4, 0.5) is 0 Å². The third-order valence-corrected chi connectivity index (χ3v) is 3.36. The van der Waals surface area contributed by atoms with Gasteiger partial charge in [-0.15, -0.1) is 4.83 Å². The minimum atomic E-state index is -3.83. The second-order valence-electron chi connectivity index (χ2n) is 3.11.